The van der Waals surface area contributed by atoms with Gasteiger partial charge in [-0.2, -0.15) is 0 Å². The second-order valence-electron chi connectivity index (χ2n) is 21.0. The number of carboxylic acids is 1. The Morgan fingerprint density at radius 2 is 1.25 bits per heavy atom. The van der Waals surface area contributed by atoms with Crippen LogP contribution in [0.4, 0.5) is 0 Å². The van der Waals surface area contributed by atoms with Gasteiger partial charge in [0.05, 0.1) is 11.0 Å². The average molecular weight is 723 g/mol. The van der Waals surface area contributed by atoms with E-state index >= 15 is 0 Å². The molecule has 11 atom stereocenters. The van der Waals surface area contributed by atoms with E-state index in [9.17, 15) is 19.8 Å². The van der Waals surface area contributed by atoms with E-state index in [1.165, 1.54) is 102 Å². The summed E-state index contributed by atoms with van der Waals surface area (Å²) in [6, 6.07) is 0. The molecule has 11 unspecified atom stereocenters. The Kier molecular flexibility index (Phi) is 13.3. The number of carbonyl (C=O) groups excluding carboxylic acids is 1. The third kappa shape index (κ3) is 7.78. The topological polar surface area (TPSA) is 74.6 Å². The highest BCUT2D eigenvalue weighted by Crippen LogP contribution is 2.75. The fraction of sp³-hybridized carbons (Fsp3) is 0.917. The first kappa shape index (κ1) is 42.0. The highest BCUT2D eigenvalue weighted by molar-refractivity contribution is 5.84. The van der Waals surface area contributed by atoms with Gasteiger partial charge >= 0.3 is 5.97 Å². The van der Waals surface area contributed by atoms with Crippen LogP contribution < -0.4 is 0 Å². The lowest BCUT2D eigenvalue weighted by molar-refractivity contribution is -0.201. The highest BCUT2D eigenvalue weighted by Gasteiger charge is 2.69. The number of hydrogen-bond donors (Lipinski definition) is 2. The molecule has 52 heavy (non-hydrogen) atoms. The Labute approximate surface area is 320 Å². The molecule has 0 radical (unpaired) electrons. The van der Waals surface area contributed by atoms with Crippen molar-refractivity contribution in [1.29, 1.82) is 0 Å². The van der Waals surface area contributed by atoms with Crippen LogP contribution in [0.5, 0.6) is 0 Å². The van der Waals surface area contributed by atoms with Crippen LogP contribution in [0.3, 0.4) is 0 Å². The number of allylic oxidation sites excluding steroid dienone is 2. The van der Waals surface area contributed by atoms with Crippen LogP contribution in [0, 0.1) is 56.7 Å². The Bertz CT molecular complexity index is 1270. The lowest BCUT2D eigenvalue weighted by atomic mass is 9.33. The molecule has 298 valence electrons. The van der Waals surface area contributed by atoms with Gasteiger partial charge in [-0.1, -0.05) is 143 Å². The Balaban J connectivity index is 1.19. The molecule has 2 N–H and O–H groups in total. The van der Waals surface area contributed by atoms with Crippen LogP contribution in [0.15, 0.2) is 11.6 Å². The number of aliphatic hydroxyl groups is 1. The molecule has 4 heteroatoms. The molecule has 0 spiro atoms. The standard InChI is InChI=1S/C48H82O4/c1-9-10-11-12-13-14-15-16-17-18-19-20-21-22-23-24-40(49)39-34-43(3,42(50)51)33-38-37-25-26-41-45(5)30-32-48(8,52)35(2)36(45)27-28-47(41,7)46(37,6)31-29-44(38,39)4/h25,35-36,38-39,41,52H,9-24,26-34H2,1-8H3,(H,50,51). The molecule has 0 heterocycles. The average Bonchev–Trinajstić information content (AvgIpc) is 3.09. The fourth-order valence-corrected chi connectivity index (χ4v) is 13.8. The monoisotopic (exact) mass is 723 g/mol. The number of rotatable bonds is 18. The Hall–Kier alpha value is -1.16. The van der Waals surface area contributed by atoms with Gasteiger partial charge in [-0.25, -0.2) is 0 Å². The van der Waals surface area contributed by atoms with Gasteiger partial charge in [0, 0.05) is 12.3 Å². The summed E-state index contributed by atoms with van der Waals surface area (Å²) in [7, 11) is 0. The van der Waals surface area contributed by atoms with E-state index in [1.807, 2.05) is 6.92 Å². The van der Waals surface area contributed by atoms with E-state index in [0.29, 0.717) is 42.8 Å². The summed E-state index contributed by atoms with van der Waals surface area (Å²) in [6.45, 7) is 18.7. The molecular formula is C48H82O4. The van der Waals surface area contributed by atoms with Crippen molar-refractivity contribution in [3.63, 3.8) is 0 Å². The van der Waals surface area contributed by atoms with E-state index in [1.54, 1.807) is 0 Å². The SMILES string of the molecule is CCCCCCCCCCCCCCCCCC(=O)C1CC(C)(C(=O)O)CC2C3=CCC4C5(C)CCC(C)(O)C(C)C5CCC4(C)C3(C)CCC12C. The minimum absolute atomic E-state index is 0.00979. The molecule has 4 nitrogen and oxygen atoms in total. The first-order valence-electron chi connectivity index (χ1n) is 22.7. The Morgan fingerprint density at radius 1 is 0.712 bits per heavy atom. The molecule has 0 bridgehead atoms. The van der Waals surface area contributed by atoms with Crippen molar-refractivity contribution in [2.75, 3.05) is 0 Å². The number of carboxylic acid groups (broad SMARTS) is 1. The molecule has 0 amide bonds. The highest BCUT2D eigenvalue weighted by atomic mass is 16.4. The fourth-order valence-electron chi connectivity index (χ4n) is 13.8. The van der Waals surface area contributed by atoms with E-state index in [4.69, 9.17) is 0 Å². The first-order chi connectivity index (χ1) is 24.5. The number of Topliss-reactive ketones (excluding diaryl/α,β-unsaturated/α-hetero) is 1. The van der Waals surface area contributed by atoms with Crippen LogP contribution in [-0.2, 0) is 9.59 Å². The molecule has 0 aromatic carbocycles. The summed E-state index contributed by atoms with van der Waals surface area (Å²) in [4.78, 5) is 27.3. The normalized spacial score (nSPS) is 42.7. The lowest BCUT2D eigenvalue weighted by Gasteiger charge is -2.71. The molecule has 5 aliphatic rings. The van der Waals surface area contributed by atoms with Crippen LogP contribution in [-0.4, -0.2) is 27.6 Å². The van der Waals surface area contributed by atoms with Crippen molar-refractivity contribution in [1.82, 2.24) is 0 Å². The minimum atomic E-state index is -0.871. The van der Waals surface area contributed by atoms with Crippen LogP contribution >= 0.6 is 0 Å². The smallest absolute Gasteiger partial charge is 0.309 e. The van der Waals surface area contributed by atoms with Gasteiger partial charge in [0.15, 0.2) is 0 Å². The first-order valence-corrected chi connectivity index (χ1v) is 22.7. The zero-order valence-corrected chi connectivity index (χ0v) is 35.4. The zero-order valence-electron chi connectivity index (χ0n) is 35.4. The predicted molar refractivity (Wildman–Crippen MR) is 216 cm³/mol. The number of fused-ring (bicyclic) bond motifs is 7. The van der Waals surface area contributed by atoms with Crippen molar-refractivity contribution >= 4 is 11.8 Å². The number of aliphatic carboxylic acids is 1. The molecule has 5 aliphatic carbocycles. The number of carbonyl (C=O) groups is 2. The Morgan fingerprint density at radius 3 is 1.81 bits per heavy atom. The molecule has 0 aromatic heterocycles. The van der Waals surface area contributed by atoms with E-state index in [0.717, 1.165) is 44.9 Å². The van der Waals surface area contributed by atoms with Gasteiger partial charge in [0.2, 0.25) is 0 Å². The van der Waals surface area contributed by atoms with Crippen molar-refractivity contribution in [2.24, 2.45) is 56.7 Å². The molecule has 0 aromatic rings. The number of unbranched alkanes of at least 4 members (excludes halogenated alkanes) is 14. The summed E-state index contributed by atoms with van der Waals surface area (Å²) < 4.78 is 0. The van der Waals surface area contributed by atoms with Crippen LogP contribution in [0.2, 0.25) is 0 Å². The molecule has 4 saturated carbocycles. The third-order valence-electron chi connectivity index (χ3n) is 18.0. The summed E-state index contributed by atoms with van der Waals surface area (Å²) in [6.07, 6.45) is 31.6. The number of ketones is 1. The van der Waals surface area contributed by atoms with Gasteiger partial charge in [-0.05, 0) is 123 Å². The van der Waals surface area contributed by atoms with Gasteiger partial charge < -0.3 is 10.2 Å². The summed E-state index contributed by atoms with van der Waals surface area (Å²) >= 11 is 0. The van der Waals surface area contributed by atoms with Crippen molar-refractivity contribution < 1.29 is 19.8 Å². The van der Waals surface area contributed by atoms with Crippen LogP contribution in [0.25, 0.3) is 0 Å². The minimum Gasteiger partial charge on any atom is -0.481 e. The molecule has 4 fully saturated rings. The van der Waals surface area contributed by atoms with Crippen molar-refractivity contribution in [2.45, 2.75) is 222 Å². The maximum absolute atomic E-state index is 14.3. The predicted octanol–water partition coefficient (Wildman–Crippen LogP) is 13.3. The molecule has 0 saturated heterocycles. The second kappa shape index (κ2) is 16.5. The second-order valence-corrected chi connectivity index (χ2v) is 21.0. The van der Waals surface area contributed by atoms with Crippen molar-refractivity contribution in [3.8, 4) is 0 Å². The zero-order chi connectivity index (χ0) is 38.0. The number of hydrogen-bond acceptors (Lipinski definition) is 3. The van der Waals surface area contributed by atoms with Gasteiger partial charge in [0.25, 0.3) is 0 Å². The molecular weight excluding hydrogens is 641 g/mol. The maximum atomic E-state index is 14.3. The molecule has 0 aliphatic heterocycles. The molecule has 5 rings (SSSR count). The van der Waals surface area contributed by atoms with E-state index < -0.39 is 17.0 Å². The quantitative estimate of drug-likeness (QED) is 0.109. The van der Waals surface area contributed by atoms with Gasteiger partial charge in [-0.3, -0.25) is 9.59 Å². The van der Waals surface area contributed by atoms with Gasteiger partial charge in [0.1, 0.15) is 5.78 Å². The van der Waals surface area contributed by atoms with Crippen LogP contribution in [0.1, 0.15) is 216 Å². The van der Waals surface area contributed by atoms with Gasteiger partial charge in [-0.15, -0.1) is 0 Å². The largest absolute Gasteiger partial charge is 0.481 e. The van der Waals surface area contributed by atoms with Crippen molar-refractivity contribution in [3.05, 3.63) is 11.6 Å². The maximum Gasteiger partial charge on any atom is 0.309 e. The van der Waals surface area contributed by atoms with E-state index in [-0.39, 0.29) is 33.5 Å². The summed E-state index contributed by atoms with van der Waals surface area (Å²) in [5, 5.41) is 22.0. The summed E-state index contributed by atoms with van der Waals surface area (Å²) in [5.74, 6) is 0.989. The summed E-state index contributed by atoms with van der Waals surface area (Å²) in [5.41, 5.74) is 0.234. The lowest BCUT2D eigenvalue weighted by Crippen LogP contribution is -2.65. The van der Waals surface area contributed by atoms with E-state index in [2.05, 4.69) is 54.5 Å². The third-order valence-corrected chi connectivity index (χ3v) is 18.0.